The van der Waals surface area contributed by atoms with Gasteiger partial charge in [-0.2, -0.15) is 0 Å². The van der Waals surface area contributed by atoms with Crippen molar-refractivity contribution in [2.45, 2.75) is 10.1 Å². The Bertz CT molecular complexity index is 632. The van der Waals surface area contributed by atoms with E-state index in [4.69, 9.17) is 0 Å². The van der Waals surface area contributed by atoms with E-state index in [1.54, 1.807) is 32.9 Å². The molecule has 5 nitrogen and oxygen atoms in total. The predicted octanol–water partition coefficient (Wildman–Crippen LogP) is 3.71. The van der Waals surface area contributed by atoms with E-state index in [0.29, 0.717) is 5.13 Å². The average Bonchev–Trinajstić information content (AvgIpc) is 2.92. The molecule has 0 aliphatic rings. The van der Waals surface area contributed by atoms with Crippen LogP contribution in [0.1, 0.15) is 5.56 Å². The first-order valence-corrected chi connectivity index (χ1v) is 8.72. The summed E-state index contributed by atoms with van der Waals surface area (Å²) in [5, 5.41) is 8.79. The largest absolute Gasteiger partial charge is 0.330 e. The number of anilines is 1. The van der Waals surface area contributed by atoms with Crippen molar-refractivity contribution in [2.75, 3.05) is 26.0 Å². The van der Waals surface area contributed by atoms with Crippen molar-refractivity contribution in [1.29, 1.82) is 0 Å². The quantitative estimate of drug-likeness (QED) is 0.593. The Hall–Kier alpha value is -1.12. The minimum atomic E-state index is -0.116. The Morgan fingerprint density at radius 3 is 2.76 bits per heavy atom. The molecule has 0 N–H and O–H groups in total. The number of benzene rings is 1. The van der Waals surface area contributed by atoms with Crippen LogP contribution in [0.5, 0.6) is 0 Å². The molecule has 2 amide bonds. The second-order valence-corrected chi connectivity index (χ2v) is 7.60. The lowest BCUT2D eigenvalue weighted by Gasteiger charge is -2.18. The maximum atomic E-state index is 11.8. The molecule has 1 aromatic carbocycles. The Kier molecular flexibility index (Phi) is 5.60. The number of rotatable bonds is 4. The van der Waals surface area contributed by atoms with Gasteiger partial charge in [-0.1, -0.05) is 51.2 Å². The summed E-state index contributed by atoms with van der Waals surface area (Å²) in [6, 6.07) is 8.04. The number of halogens is 1. The van der Waals surface area contributed by atoms with Gasteiger partial charge in [0.15, 0.2) is 4.34 Å². The molecule has 0 atom stereocenters. The highest BCUT2D eigenvalue weighted by Crippen LogP contribution is 2.30. The summed E-state index contributed by atoms with van der Waals surface area (Å²) < 4.78 is 1.92. The molecule has 0 aliphatic heterocycles. The fourth-order valence-electron chi connectivity index (χ4n) is 1.55. The lowest BCUT2D eigenvalue weighted by Crippen LogP contribution is -2.36. The van der Waals surface area contributed by atoms with Crippen LogP contribution >= 0.6 is 39.0 Å². The van der Waals surface area contributed by atoms with Gasteiger partial charge in [-0.3, -0.25) is 4.90 Å². The highest BCUT2D eigenvalue weighted by atomic mass is 79.9. The summed E-state index contributed by atoms with van der Waals surface area (Å²) >= 11 is 6.49. The van der Waals surface area contributed by atoms with E-state index in [1.165, 1.54) is 26.7 Å². The topological polar surface area (TPSA) is 49.3 Å². The molecule has 0 spiro atoms. The van der Waals surface area contributed by atoms with Crippen molar-refractivity contribution in [3.05, 3.63) is 34.3 Å². The number of aromatic nitrogens is 2. The van der Waals surface area contributed by atoms with Crippen molar-refractivity contribution in [3.8, 4) is 0 Å². The summed E-state index contributed by atoms with van der Waals surface area (Å²) in [6.45, 7) is 0. The van der Waals surface area contributed by atoms with Crippen LogP contribution < -0.4 is 4.90 Å². The van der Waals surface area contributed by atoms with Gasteiger partial charge < -0.3 is 4.90 Å². The van der Waals surface area contributed by atoms with Gasteiger partial charge in [0, 0.05) is 31.4 Å². The van der Waals surface area contributed by atoms with E-state index in [-0.39, 0.29) is 6.03 Å². The van der Waals surface area contributed by atoms with Crippen LogP contribution in [0, 0.1) is 0 Å². The number of urea groups is 1. The first kappa shape index (κ1) is 16.3. The summed E-state index contributed by atoms with van der Waals surface area (Å²) in [5.74, 6) is 0.819. The minimum Gasteiger partial charge on any atom is -0.330 e. The molecule has 0 fully saturated rings. The molecule has 0 saturated carbocycles. The summed E-state index contributed by atoms with van der Waals surface area (Å²) in [5.41, 5.74) is 1.21. The lowest BCUT2D eigenvalue weighted by molar-refractivity contribution is 0.225. The monoisotopic (exact) mass is 386 g/mol. The van der Waals surface area contributed by atoms with Gasteiger partial charge in [-0.15, -0.1) is 10.2 Å². The van der Waals surface area contributed by atoms with Crippen LogP contribution in [-0.2, 0) is 5.75 Å². The predicted molar refractivity (Wildman–Crippen MR) is 91.1 cm³/mol. The Morgan fingerprint density at radius 1 is 1.33 bits per heavy atom. The van der Waals surface area contributed by atoms with Gasteiger partial charge in [-0.25, -0.2) is 4.79 Å². The lowest BCUT2D eigenvalue weighted by atomic mass is 10.2. The van der Waals surface area contributed by atoms with Gasteiger partial charge >= 0.3 is 6.03 Å². The maximum Gasteiger partial charge on any atom is 0.325 e. The summed E-state index contributed by atoms with van der Waals surface area (Å²) in [6.07, 6.45) is 0. The van der Waals surface area contributed by atoms with Crippen molar-refractivity contribution in [1.82, 2.24) is 15.1 Å². The smallest absolute Gasteiger partial charge is 0.325 e. The van der Waals surface area contributed by atoms with Crippen molar-refractivity contribution in [3.63, 3.8) is 0 Å². The van der Waals surface area contributed by atoms with E-state index >= 15 is 0 Å². The van der Waals surface area contributed by atoms with Crippen LogP contribution in [0.4, 0.5) is 9.93 Å². The van der Waals surface area contributed by atoms with E-state index in [1.807, 2.05) is 12.1 Å². The van der Waals surface area contributed by atoms with Crippen LogP contribution in [0.15, 0.2) is 33.1 Å². The minimum absolute atomic E-state index is 0.116. The fraction of sp³-hybridized carbons (Fsp3) is 0.308. The molecule has 0 saturated heterocycles. The number of hydrogen-bond donors (Lipinski definition) is 0. The van der Waals surface area contributed by atoms with Crippen LogP contribution in [0.2, 0.25) is 0 Å². The third-order valence-corrected chi connectivity index (χ3v) is 5.30. The van der Waals surface area contributed by atoms with E-state index in [0.717, 1.165) is 14.6 Å². The van der Waals surface area contributed by atoms with Crippen molar-refractivity contribution in [2.24, 2.45) is 0 Å². The van der Waals surface area contributed by atoms with E-state index in [9.17, 15) is 4.79 Å². The van der Waals surface area contributed by atoms with Crippen molar-refractivity contribution < 1.29 is 4.79 Å². The highest BCUT2D eigenvalue weighted by Gasteiger charge is 2.17. The first-order chi connectivity index (χ1) is 9.97. The third-order valence-electron chi connectivity index (χ3n) is 2.60. The van der Waals surface area contributed by atoms with Crippen LogP contribution in [0.25, 0.3) is 0 Å². The first-order valence-electron chi connectivity index (χ1n) is 6.13. The number of carbonyl (C=O) groups excluding carboxylic acids is 1. The molecule has 0 bridgehead atoms. The number of thioether (sulfide) groups is 1. The summed E-state index contributed by atoms with van der Waals surface area (Å²) in [7, 11) is 5.12. The van der Waals surface area contributed by atoms with E-state index < -0.39 is 0 Å². The number of amides is 2. The third kappa shape index (κ3) is 4.42. The second kappa shape index (κ2) is 7.24. The van der Waals surface area contributed by atoms with Gasteiger partial charge in [0.25, 0.3) is 0 Å². The molecule has 8 heteroatoms. The maximum absolute atomic E-state index is 11.8. The zero-order chi connectivity index (χ0) is 15.4. The standard InChI is InChI=1S/C13H15BrN4OS2/c1-17(2)13(19)18(3)11-15-16-12(21-11)20-8-9-5-4-6-10(14)7-9/h4-7H,8H2,1-3H3. The number of nitrogens with zero attached hydrogens (tertiary/aromatic N) is 4. The van der Waals surface area contributed by atoms with Gasteiger partial charge in [0.1, 0.15) is 0 Å². The Labute approximate surface area is 140 Å². The molecule has 1 aromatic heterocycles. The van der Waals surface area contributed by atoms with Crippen molar-refractivity contribution >= 4 is 50.2 Å². The molecule has 0 radical (unpaired) electrons. The Balaban J connectivity index is 1.99. The summed E-state index contributed by atoms with van der Waals surface area (Å²) in [4.78, 5) is 14.9. The molecule has 21 heavy (non-hydrogen) atoms. The molecule has 112 valence electrons. The second-order valence-electron chi connectivity index (χ2n) is 4.51. The molecule has 1 heterocycles. The average molecular weight is 387 g/mol. The van der Waals surface area contributed by atoms with E-state index in [2.05, 4.69) is 38.3 Å². The van der Waals surface area contributed by atoms with Crippen LogP contribution in [0.3, 0.4) is 0 Å². The molecule has 2 aromatic rings. The number of carbonyl (C=O) groups is 1. The molecular formula is C13H15BrN4OS2. The molecule has 0 unspecified atom stereocenters. The normalized spacial score (nSPS) is 10.5. The Morgan fingerprint density at radius 2 is 2.10 bits per heavy atom. The molecule has 0 aliphatic carbocycles. The van der Waals surface area contributed by atoms with Crippen LogP contribution in [-0.4, -0.2) is 42.3 Å². The highest BCUT2D eigenvalue weighted by molar-refractivity contribution is 9.10. The molecular weight excluding hydrogens is 372 g/mol. The number of hydrogen-bond acceptors (Lipinski definition) is 5. The van der Waals surface area contributed by atoms with Gasteiger partial charge in [0.2, 0.25) is 5.13 Å². The van der Waals surface area contributed by atoms with Gasteiger partial charge in [-0.05, 0) is 17.7 Å². The van der Waals surface area contributed by atoms with Gasteiger partial charge in [0.05, 0.1) is 0 Å². The molecule has 2 rings (SSSR count). The fourth-order valence-corrected chi connectivity index (χ4v) is 3.74. The SMILES string of the molecule is CN(C)C(=O)N(C)c1nnc(SCc2cccc(Br)c2)s1. The zero-order valence-corrected chi connectivity index (χ0v) is 15.1. The zero-order valence-electron chi connectivity index (χ0n) is 11.9.